The lowest BCUT2D eigenvalue weighted by atomic mass is 9.64. The summed E-state index contributed by atoms with van der Waals surface area (Å²) in [4.78, 5) is 24.1. The highest BCUT2D eigenvalue weighted by Crippen LogP contribution is 2.47. The lowest BCUT2D eigenvalue weighted by molar-refractivity contribution is -0.188. The van der Waals surface area contributed by atoms with Crippen molar-refractivity contribution >= 4 is 11.9 Å². The molecule has 2 aliphatic heterocycles. The fourth-order valence-corrected chi connectivity index (χ4v) is 4.10. The Kier molecular flexibility index (Phi) is 3.66. The molecule has 3 aliphatic rings. The summed E-state index contributed by atoms with van der Waals surface area (Å²) in [7, 11) is 0. The van der Waals surface area contributed by atoms with Gasteiger partial charge in [-0.3, -0.25) is 4.79 Å². The van der Waals surface area contributed by atoms with Gasteiger partial charge in [0.25, 0.3) is 0 Å². The van der Waals surface area contributed by atoms with Gasteiger partial charge < -0.3 is 9.47 Å². The minimum absolute atomic E-state index is 0.0639. The molecule has 2 heterocycles. The normalized spacial score (nSPS) is 41.0. The fraction of sp³-hybridized carbons (Fsp3) is 0.667. The predicted octanol–water partition coefficient (Wildman–Crippen LogP) is 3.03. The predicted molar refractivity (Wildman–Crippen MR) is 81.8 cm³/mol. The summed E-state index contributed by atoms with van der Waals surface area (Å²) >= 11 is 0. The Balaban J connectivity index is 1.87. The van der Waals surface area contributed by atoms with Gasteiger partial charge in [0.1, 0.15) is 6.10 Å². The highest BCUT2D eigenvalue weighted by Gasteiger charge is 2.52. The number of carbonyl (C=O) groups is 2. The molecule has 0 spiro atoms. The van der Waals surface area contributed by atoms with Gasteiger partial charge in [0.2, 0.25) is 0 Å². The van der Waals surface area contributed by atoms with E-state index in [4.69, 9.17) is 9.47 Å². The maximum atomic E-state index is 12.7. The summed E-state index contributed by atoms with van der Waals surface area (Å²) in [5.74, 6) is 0.404. The molecule has 0 aromatic heterocycles. The Hall–Kier alpha value is -1.58. The van der Waals surface area contributed by atoms with Crippen LogP contribution in [0.3, 0.4) is 0 Å². The summed E-state index contributed by atoms with van der Waals surface area (Å²) in [5, 5.41) is 0. The van der Waals surface area contributed by atoms with Crippen LogP contribution in [0.15, 0.2) is 23.8 Å². The average Bonchev–Trinajstić information content (AvgIpc) is 2.80. The number of hydrogen-bond donors (Lipinski definition) is 0. The second kappa shape index (κ2) is 5.25. The van der Waals surface area contributed by atoms with Crippen molar-refractivity contribution in [3.05, 3.63) is 23.8 Å². The topological polar surface area (TPSA) is 52.6 Å². The average molecular weight is 304 g/mol. The van der Waals surface area contributed by atoms with Crippen molar-refractivity contribution in [2.75, 3.05) is 0 Å². The monoisotopic (exact) mass is 304 g/mol. The zero-order valence-corrected chi connectivity index (χ0v) is 13.7. The van der Waals surface area contributed by atoms with Crippen LogP contribution in [-0.4, -0.2) is 23.6 Å². The molecule has 1 aliphatic carbocycles. The van der Waals surface area contributed by atoms with E-state index in [1.165, 1.54) is 11.6 Å². The van der Waals surface area contributed by atoms with E-state index in [1.807, 2.05) is 6.92 Å². The van der Waals surface area contributed by atoms with Crippen LogP contribution >= 0.6 is 0 Å². The van der Waals surface area contributed by atoms with Crippen molar-refractivity contribution in [1.82, 2.24) is 0 Å². The van der Waals surface area contributed by atoms with Crippen molar-refractivity contribution in [2.24, 2.45) is 23.7 Å². The number of ether oxygens (including phenoxy) is 2. The Morgan fingerprint density at radius 3 is 2.64 bits per heavy atom. The highest BCUT2D eigenvalue weighted by atomic mass is 16.6. The number of fused-ring (bicyclic) bond motifs is 1. The SMILES string of the molecule is CC1=CC[C@@H](C(C)C)[C@@H]2C(=O)O[C@H]([C@]3(C)C=CC(=O)O3)C[C@H]12. The molecule has 3 rings (SSSR count). The van der Waals surface area contributed by atoms with Crippen LogP contribution in [0, 0.1) is 23.7 Å². The minimum atomic E-state index is -0.831. The number of allylic oxidation sites excluding steroid dienone is 2. The molecule has 0 bridgehead atoms. The first-order chi connectivity index (χ1) is 10.3. The molecule has 1 fully saturated rings. The summed E-state index contributed by atoms with van der Waals surface area (Å²) < 4.78 is 11.1. The number of hydrogen-bond acceptors (Lipinski definition) is 4. The Morgan fingerprint density at radius 2 is 2.05 bits per heavy atom. The standard InChI is InChI=1S/C18H24O4/c1-10(2)12-6-5-11(3)13-9-14(21-17(20)16(12)13)18(4)8-7-15(19)22-18/h5,7-8,10,12-14,16H,6,9H2,1-4H3/t12-,13+,14-,16-,18-/m0/s1. The van der Waals surface area contributed by atoms with Gasteiger partial charge in [-0.25, -0.2) is 4.79 Å². The molecule has 0 aromatic carbocycles. The van der Waals surface area contributed by atoms with E-state index in [2.05, 4.69) is 26.8 Å². The number of rotatable bonds is 2. The summed E-state index contributed by atoms with van der Waals surface area (Å²) in [6.07, 6.45) is 6.65. The van der Waals surface area contributed by atoms with Gasteiger partial charge in [-0.15, -0.1) is 0 Å². The van der Waals surface area contributed by atoms with E-state index in [-0.39, 0.29) is 23.8 Å². The van der Waals surface area contributed by atoms with E-state index in [1.54, 1.807) is 6.08 Å². The van der Waals surface area contributed by atoms with Crippen LogP contribution in [0.2, 0.25) is 0 Å². The number of esters is 2. The third kappa shape index (κ3) is 2.38. The molecule has 120 valence electrons. The van der Waals surface area contributed by atoms with E-state index < -0.39 is 11.7 Å². The second-order valence-electron chi connectivity index (χ2n) is 7.32. The number of cyclic esters (lactones) is 2. The molecule has 22 heavy (non-hydrogen) atoms. The van der Waals surface area contributed by atoms with Gasteiger partial charge in [-0.1, -0.05) is 25.5 Å². The van der Waals surface area contributed by atoms with Crippen LogP contribution < -0.4 is 0 Å². The van der Waals surface area contributed by atoms with Crippen LogP contribution in [0.25, 0.3) is 0 Å². The van der Waals surface area contributed by atoms with Gasteiger partial charge in [0.05, 0.1) is 5.92 Å². The van der Waals surface area contributed by atoms with E-state index in [0.29, 0.717) is 11.8 Å². The lowest BCUT2D eigenvalue weighted by Crippen LogP contribution is -2.52. The molecule has 4 heteroatoms. The van der Waals surface area contributed by atoms with Crippen molar-refractivity contribution in [3.8, 4) is 0 Å². The third-order valence-electron chi connectivity index (χ3n) is 5.56. The molecule has 1 saturated heterocycles. The fourth-order valence-electron chi connectivity index (χ4n) is 4.10. The quantitative estimate of drug-likeness (QED) is 0.581. The smallest absolute Gasteiger partial charge is 0.331 e. The Labute approximate surface area is 131 Å². The van der Waals surface area contributed by atoms with Crippen molar-refractivity contribution in [2.45, 2.75) is 52.2 Å². The first-order valence-electron chi connectivity index (χ1n) is 8.11. The summed E-state index contributed by atoms with van der Waals surface area (Å²) in [5.41, 5.74) is 0.434. The molecule has 0 amide bonds. The minimum Gasteiger partial charge on any atom is -0.457 e. The Morgan fingerprint density at radius 1 is 1.32 bits per heavy atom. The molecule has 0 saturated carbocycles. The van der Waals surface area contributed by atoms with Crippen LogP contribution in [0.4, 0.5) is 0 Å². The molecule has 0 aromatic rings. The van der Waals surface area contributed by atoms with Gasteiger partial charge in [-0.05, 0) is 50.5 Å². The van der Waals surface area contributed by atoms with Crippen molar-refractivity contribution < 1.29 is 19.1 Å². The molecule has 0 unspecified atom stereocenters. The molecular weight excluding hydrogens is 280 g/mol. The molecule has 4 nitrogen and oxygen atoms in total. The zero-order valence-electron chi connectivity index (χ0n) is 13.7. The van der Waals surface area contributed by atoms with Crippen LogP contribution in [0.1, 0.15) is 40.5 Å². The van der Waals surface area contributed by atoms with E-state index in [9.17, 15) is 9.59 Å². The molecule has 5 atom stereocenters. The van der Waals surface area contributed by atoms with Gasteiger partial charge in [0.15, 0.2) is 5.60 Å². The molecule has 0 N–H and O–H groups in total. The summed E-state index contributed by atoms with van der Waals surface area (Å²) in [6.45, 7) is 8.24. The van der Waals surface area contributed by atoms with Crippen molar-refractivity contribution in [1.29, 1.82) is 0 Å². The Bertz CT molecular complexity index is 559. The van der Waals surface area contributed by atoms with Crippen LogP contribution in [-0.2, 0) is 19.1 Å². The number of carbonyl (C=O) groups excluding carboxylic acids is 2. The first-order valence-corrected chi connectivity index (χ1v) is 8.11. The lowest BCUT2D eigenvalue weighted by Gasteiger charge is -2.46. The first kappa shape index (κ1) is 15.3. The van der Waals surface area contributed by atoms with Gasteiger partial charge in [-0.2, -0.15) is 0 Å². The third-order valence-corrected chi connectivity index (χ3v) is 5.56. The summed E-state index contributed by atoms with van der Waals surface area (Å²) in [6, 6.07) is 0. The van der Waals surface area contributed by atoms with Gasteiger partial charge >= 0.3 is 11.9 Å². The van der Waals surface area contributed by atoms with Crippen LogP contribution in [0.5, 0.6) is 0 Å². The maximum absolute atomic E-state index is 12.7. The largest absolute Gasteiger partial charge is 0.457 e. The highest BCUT2D eigenvalue weighted by molar-refractivity contribution is 5.85. The maximum Gasteiger partial charge on any atom is 0.331 e. The molecule has 0 radical (unpaired) electrons. The van der Waals surface area contributed by atoms with E-state index >= 15 is 0 Å². The molecular formula is C18H24O4. The van der Waals surface area contributed by atoms with Gasteiger partial charge in [0, 0.05) is 6.08 Å². The van der Waals surface area contributed by atoms with E-state index in [0.717, 1.165) is 12.8 Å². The zero-order chi connectivity index (χ0) is 16.1. The van der Waals surface area contributed by atoms with Crippen molar-refractivity contribution in [3.63, 3.8) is 0 Å². The second-order valence-corrected chi connectivity index (χ2v) is 7.32.